The fraction of sp³-hybridized carbons (Fsp3) is 0.854. The highest BCUT2D eigenvalue weighted by Crippen LogP contribution is 2.22. The summed E-state index contributed by atoms with van der Waals surface area (Å²) in [6, 6.07) is -3.82. The number of aliphatic carboxylic acids is 1. The fourth-order valence-electron chi connectivity index (χ4n) is 8.78. The Morgan fingerprint density at radius 3 is 1.31 bits per heavy atom. The minimum Gasteiger partial charge on any atom is -0.481 e. The summed E-state index contributed by atoms with van der Waals surface area (Å²) in [4.78, 5) is 94.1. The van der Waals surface area contributed by atoms with Crippen molar-refractivity contribution in [2.75, 3.05) is 32.7 Å². The number of carbonyl (C=O) groups excluding carboxylic acids is 6. The number of rotatable bonds is 38. The monoisotopic (exact) mass is 906 g/mol. The van der Waals surface area contributed by atoms with Crippen LogP contribution >= 0.6 is 0 Å². The van der Waals surface area contributed by atoms with Crippen LogP contribution in [0.3, 0.4) is 0 Å². The van der Waals surface area contributed by atoms with Gasteiger partial charge in [0.05, 0.1) is 0 Å². The number of carboxylic acids is 1. The summed E-state index contributed by atoms with van der Waals surface area (Å²) in [5.41, 5.74) is 1.80. The minimum absolute atomic E-state index is 0.0565. The molecular formula is C48H87N7O9. The lowest BCUT2D eigenvalue weighted by molar-refractivity contribution is -0.140. The van der Waals surface area contributed by atoms with Crippen LogP contribution in [0.15, 0.2) is 0 Å². The van der Waals surface area contributed by atoms with E-state index < -0.39 is 53.8 Å². The van der Waals surface area contributed by atoms with Gasteiger partial charge in [0.2, 0.25) is 35.4 Å². The van der Waals surface area contributed by atoms with E-state index in [2.05, 4.69) is 35.1 Å². The average Bonchev–Trinajstić information content (AvgIpc) is 3.99. The molecule has 2 aliphatic heterocycles. The minimum atomic E-state index is -1.22. The third-order valence-corrected chi connectivity index (χ3v) is 12.7. The van der Waals surface area contributed by atoms with Crippen LogP contribution in [0.4, 0.5) is 0 Å². The van der Waals surface area contributed by atoms with Gasteiger partial charge in [0.1, 0.15) is 24.2 Å². The number of nitrogens with zero attached hydrogens (tertiary/aromatic N) is 2. The Labute approximate surface area is 384 Å². The Balaban J connectivity index is 1.93. The highest BCUT2D eigenvalue weighted by molar-refractivity contribution is 5.93. The molecule has 4 unspecified atom stereocenters. The summed E-state index contributed by atoms with van der Waals surface area (Å²) in [6.07, 6.45) is 28.3. The van der Waals surface area contributed by atoms with Gasteiger partial charge in [-0.1, -0.05) is 142 Å². The molecule has 64 heavy (non-hydrogen) atoms. The largest absolute Gasteiger partial charge is 0.481 e. The molecule has 7 N–H and O–H groups in total. The number of nitrogens with one attached hydrogen (secondary N) is 5. The van der Waals surface area contributed by atoms with Crippen LogP contribution in [0.25, 0.3) is 0 Å². The Hall–Kier alpha value is -3.79. The zero-order valence-electron chi connectivity index (χ0n) is 39.7. The zero-order chi connectivity index (χ0) is 46.8. The first-order chi connectivity index (χ1) is 31.0. The highest BCUT2D eigenvalue weighted by atomic mass is 16.5. The summed E-state index contributed by atoms with van der Waals surface area (Å²) in [5.74, 6) is -3.45. The molecule has 2 heterocycles. The number of carboxylic acid groups (broad SMARTS) is 1. The van der Waals surface area contributed by atoms with Crippen molar-refractivity contribution in [1.29, 1.82) is 0 Å². The van der Waals surface area contributed by atoms with Gasteiger partial charge in [-0.3, -0.25) is 33.6 Å². The van der Waals surface area contributed by atoms with Crippen molar-refractivity contribution in [3.63, 3.8) is 0 Å². The summed E-state index contributed by atoms with van der Waals surface area (Å²) in [5, 5.41) is 29.0. The molecule has 2 rings (SSSR count). The average molecular weight is 906 g/mol. The molecule has 0 aromatic carbocycles. The molecule has 0 bridgehead atoms. The lowest BCUT2D eigenvalue weighted by atomic mass is 10.0. The van der Waals surface area contributed by atoms with Gasteiger partial charge in [-0.15, -0.1) is 0 Å². The van der Waals surface area contributed by atoms with E-state index in [0.29, 0.717) is 51.6 Å². The molecule has 16 nitrogen and oxygen atoms in total. The molecule has 0 aromatic rings. The third-order valence-electron chi connectivity index (χ3n) is 12.7. The van der Waals surface area contributed by atoms with E-state index in [1.807, 2.05) is 0 Å². The second-order valence-electron chi connectivity index (χ2n) is 18.1. The number of carbonyl (C=O) groups is 7. The molecule has 2 aliphatic rings. The number of hydrogen-bond acceptors (Lipinski definition) is 9. The van der Waals surface area contributed by atoms with Crippen molar-refractivity contribution in [3.05, 3.63) is 0 Å². The first-order valence-electron chi connectivity index (χ1n) is 25.4. The summed E-state index contributed by atoms with van der Waals surface area (Å²) >= 11 is 0. The van der Waals surface area contributed by atoms with Gasteiger partial charge >= 0.3 is 5.97 Å². The van der Waals surface area contributed by atoms with Crippen LogP contribution in [0.2, 0.25) is 0 Å². The van der Waals surface area contributed by atoms with Gasteiger partial charge in [-0.2, -0.15) is 5.48 Å². The smallest absolute Gasteiger partial charge is 0.303 e. The number of hydrogen-bond donors (Lipinski definition) is 7. The summed E-state index contributed by atoms with van der Waals surface area (Å²) in [6.45, 7) is 4.98. The van der Waals surface area contributed by atoms with E-state index in [4.69, 9.17) is 5.11 Å². The van der Waals surface area contributed by atoms with Crippen molar-refractivity contribution >= 4 is 41.4 Å². The van der Waals surface area contributed by atoms with Crippen molar-refractivity contribution in [3.8, 4) is 0 Å². The Kier molecular flexibility index (Phi) is 31.2. The molecule has 2 saturated heterocycles. The van der Waals surface area contributed by atoms with E-state index in [-0.39, 0.29) is 44.3 Å². The highest BCUT2D eigenvalue weighted by Gasteiger charge is 2.37. The van der Waals surface area contributed by atoms with Crippen LogP contribution in [0, 0.1) is 0 Å². The second-order valence-corrected chi connectivity index (χ2v) is 18.1. The molecule has 0 aromatic heterocycles. The fourth-order valence-corrected chi connectivity index (χ4v) is 8.78. The molecule has 368 valence electrons. The van der Waals surface area contributed by atoms with Gasteiger partial charge in [0, 0.05) is 52.0 Å². The molecule has 2 fully saturated rings. The molecule has 0 radical (unpaired) electrons. The van der Waals surface area contributed by atoms with Crippen LogP contribution < -0.4 is 26.7 Å². The van der Waals surface area contributed by atoms with E-state index >= 15 is 0 Å². The molecule has 16 heteroatoms. The molecule has 0 saturated carbocycles. The second kappa shape index (κ2) is 35.5. The number of amides is 6. The zero-order valence-corrected chi connectivity index (χ0v) is 39.7. The first-order valence-corrected chi connectivity index (χ1v) is 25.4. The lowest BCUT2D eigenvalue weighted by Crippen LogP contribution is -2.58. The lowest BCUT2D eigenvalue weighted by Gasteiger charge is -2.28. The third kappa shape index (κ3) is 23.9. The predicted octanol–water partition coefficient (Wildman–Crippen LogP) is 6.42. The molecule has 4 atom stereocenters. The van der Waals surface area contributed by atoms with Crippen molar-refractivity contribution < 1.29 is 43.9 Å². The normalized spacial score (nSPS) is 16.9. The van der Waals surface area contributed by atoms with E-state index in [1.165, 1.54) is 96.3 Å². The quantitative estimate of drug-likeness (QED) is 0.0266. The van der Waals surface area contributed by atoms with Gasteiger partial charge in [-0.25, -0.2) is 0 Å². The van der Waals surface area contributed by atoms with Crippen molar-refractivity contribution in [2.45, 2.75) is 231 Å². The van der Waals surface area contributed by atoms with Crippen molar-refractivity contribution in [2.24, 2.45) is 0 Å². The molecule has 0 spiro atoms. The maximum atomic E-state index is 13.8. The standard InChI is InChI=1S/C48H87N7O9/c1-3-5-7-9-11-13-15-17-19-21-23-29-42(56)54-35-25-27-40(54)47(62)51-37-39(46(61)50-34-33-49-45(60)38(53-64)31-32-44(58)59)52-48(63)41-28-26-36-55(41)43(57)30-24-22-20-18-16-14-12-10-8-6-4-2/h38-41,53,64H,3-37H2,1-2H3,(H,49,60)(H,50,61)(H,51,62)(H,52,63)(H,58,59). The topological polar surface area (TPSA) is 227 Å². The van der Waals surface area contributed by atoms with E-state index in [0.717, 1.165) is 44.9 Å². The van der Waals surface area contributed by atoms with Gasteiger partial charge in [0.25, 0.3) is 0 Å². The van der Waals surface area contributed by atoms with Crippen LogP contribution in [-0.2, 0) is 33.6 Å². The SMILES string of the molecule is CCCCCCCCCCCCCC(=O)N1CCCC1C(=O)NCC(NC(=O)C1CCCN1C(=O)CCCCCCCCCCCCC)C(=O)NCCNC(=O)C(CCC(=O)O)NO. The molecular weight excluding hydrogens is 819 g/mol. The number of likely N-dealkylation sites (tertiary alicyclic amines) is 2. The number of unbranched alkanes of at least 4 members (excludes halogenated alkanes) is 20. The predicted molar refractivity (Wildman–Crippen MR) is 248 cm³/mol. The summed E-state index contributed by atoms with van der Waals surface area (Å²) in [7, 11) is 0. The molecule has 0 aliphatic carbocycles. The maximum absolute atomic E-state index is 13.8. The van der Waals surface area contributed by atoms with Gasteiger partial charge < -0.3 is 41.4 Å². The van der Waals surface area contributed by atoms with Gasteiger partial charge in [0.15, 0.2) is 0 Å². The Morgan fingerprint density at radius 1 is 0.516 bits per heavy atom. The maximum Gasteiger partial charge on any atom is 0.303 e. The Bertz CT molecular complexity index is 1370. The van der Waals surface area contributed by atoms with Gasteiger partial charge in [-0.05, 0) is 44.9 Å². The van der Waals surface area contributed by atoms with E-state index in [9.17, 15) is 38.8 Å². The van der Waals surface area contributed by atoms with Crippen LogP contribution in [0.5, 0.6) is 0 Å². The van der Waals surface area contributed by atoms with Crippen LogP contribution in [-0.4, -0.2) is 118 Å². The van der Waals surface area contributed by atoms with Crippen molar-refractivity contribution in [1.82, 2.24) is 36.5 Å². The molecule has 6 amide bonds. The number of hydroxylamine groups is 1. The van der Waals surface area contributed by atoms with E-state index in [1.54, 1.807) is 15.3 Å². The van der Waals surface area contributed by atoms with Crippen LogP contribution in [0.1, 0.15) is 206 Å². The summed E-state index contributed by atoms with van der Waals surface area (Å²) < 4.78 is 0. The first kappa shape index (κ1) is 56.3. The Morgan fingerprint density at radius 2 is 0.906 bits per heavy atom.